The van der Waals surface area contributed by atoms with E-state index in [0.717, 1.165) is 34.1 Å². The van der Waals surface area contributed by atoms with Crippen molar-refractivity contribution in [2.75, 3.05) is 33.1 Å². The molecule has 2 aromatic carbocycles. The van der Waals surface area contributed by atoms with Crippen LogP contribution in [0.25, 0.3) is 5.69 Å². The van der Waals surface area contributed by atoms with E-state index < -0.39 is 0 Å². The topological polar surface area (TPSA) is 68.6 Å². The largest absolute Gasteiger partial charge is 0.493 e. The lowest BCUT2D eigenvalue weighted by molar-refractivity contribution is -0.116. The highest BCUT2D eigenvalue weighted by atomic mass is 16.5. The molecule has 0 aliphatic rings. The quantitative estimate of drug-likeness (QED) is 0.565. The van der Waals surface area contributed by atoms with Crippen LogP contribution in [0.3, 0.4) is 0 Å². The number of carbonyl (C=O) groups is 1. The van der Waals surface area contributed by atoms with Gasteiger partial charge in [-0.2, -0.15) is 5.10 Å². The Morgan fingerprint density at radius 2 is 1.81 bits per heavy atom. The van der Waals surface area contributed by atoms with Crippen LogP contribution >= 0.6 is 0 Å². The molecule has 3 rings (SSSR count). The molecular weight excluding hydrogens is 392 g/mol. The van der Waals surface area contributed by atoms with Crippen molar-refractivity contribution in [3.05, 3.63) is 65.5 Å². The normalized spacial score (nSPS) is 10.9. The summed E-state index contributed by atoms with van der Waals surface area (Å²) in [7, 11) is 5.24. The fourth-order valence-electron chi connectivity index (χ4n) is 3.59. The van der Waals surface area contributed by atoms with Gasteiger partial charge in [-0.25, -0.2) is 4.68 Å². The van der Waals surface area contributed by atoms with E-state index in [0.29, 0.717) is 25.3 Å². The molecule has 0 saturated heterocycles. The maximum atomic E-state index is 12.6. The second kappa shape index (κ2) is 10.1. The molecule has 164 valence electrons. The van der Waals surface area contributed by atoms with Gasteiger partial charge in [0.15, 0.2) is 11.5 Å². The van der Waals surface area contributed by atoms with Crippen molar-refractivity contribution < 1.29 is 14.3 Å². The van der Waals surface area contributed by atoms with Crippen LogP contribution in [0.15, 0.2) is 48.5 Å². The molecule has 3 aromatic rings. The monoisotopic (exact) mass is 422 g/mol. The van der Waals surface area contributed by atoms with Crippen molar-refractivity contribution in [3.8, 4) is 17.2 Å². The van der Waals surface area contributed by atoms with Gasteiger partial charge in [0.25, 0.3) is 0 Å². The van der Waals surface area contributed by atoms with Crippen LogP contribution in [0.5, 0.6) is 11.5 Å². The minimum atomic E-state index is -0.0386. The molecular formula is C24H30N4O3. The van der Waals surface area contributed by atoms with Crippen LogP contribution in [0.1, 0.15) is 23.4 Å². The number of benzene rings is 2. The number of hydrogen-bond donors (Lipinski definition) is 1. The number of methoxy groups -OCH3 is 2. The average molecular weight is 423 g/mol. The lowest BCUT2D eigenvalue weighted by Crippen LogP contribution is -2.24. The Bertz CT molecular complexity index is 1030. The predicted octanol–water partition coefficient (Wildman–Crippen LogP) is 3.97. The molecule has 0 saturated carbocycles. The van der Waals surface area contributed by atoms with E-state index in [9.17, 15) is 4.79 Å². The zero-order chi connectivity index (χ0) is 22.4. The van der Waals surface area contributed by atoms with Gasteiger partial charge in [0.05, 0.1) is 37.0 Å². The standard InChI is InChI=1S/C24H30N4O3/c1-17-23(18(2)28(26-17)20-11-7-6-8-12-20)25-22(29)14-15-27(3)16-19-10-9-13-21(30-4)24(19)31-5/h6-13H,14-16H2,1-5H3,(H,25,29). The molecule has 0 spiro atoms. The Morgan fingerprint density at radius 1 is 1.06 bits per heavy atom. The van der Waals surface area contributed by atoms with Gasteiger partial charge in [0.2, 0.25) is 5.91 Å². The zero-order valence-corrected chi connectivity index (χ0v) is 18.8. The van der Waals surface area contributed by atoms with Gasteiger partial charge < -0.3 is 19.7 Å². The van der Waals surface area contributed by atoms with Gasteiger partial charge in [-0.3, -0.25) is 4.79 Å². The summed E-state index contributed by atoms with van der Waals surface area (Å²) in [5.74, 6) is 1.39. The molecule has 1 heterocycles. The number of amides is 1. The minimum Gasteiger partial charge on any atom is -0.493 e. The number of nitrogens with zero attached hydrogens (tertiary/aromatic N) is 3. The van der Waals surface area contributed by atoms with E-state index in [4.69, 9.17) is 9.47 Å². The van der Waals surface area contributed by atoms with Crippen molar-refractivity contribution in [3.63, 3.8) is 0 Å². The van der Waals surface area contributed by atoms with E-state index >= 15 is 0 Å². The van der Waals surface area contributed by atoms with E-state index in [1.807, 2.05) is 74.1 Å². The Kier molecular flexibility index (Phi) is 7.31. The van der Waals surface area contributed by atoms with Crippen molar-refractivity contribution in [1.82, 2.24) is 14.7 Å². The first-order chi connectivity index (χ1) is 14.9. The Morgan fingerprint density at radius 3 is 2.48 bits per heavy atom. The number of ether oxygens (including phenoxy) is 2. The summed E-state index contributed by atoms with van der Waals surface area (Å²) in [5.41, 5.74) is 4.46. The molecule has 31 heavy (non-hydrogen) atoms. The van der Waals surface area contributed by atoms with E-state index in [1.54, 1.807) is 14.2 Å². The number of aromatic nitrogens is 2. The zero-order valence-electron chi connectivity index (χ0n) is 18.8. The molecule has 0 fully saturated rings. The second-order valence-electron chi connectivity index (χ2n) is 7.48. The summed E-state index contributed by atoms with van der Waals surface area (Å²) in [4.78, 5) is 14.7. The highest BCUT2D eigenvalue weighted by Crippen LogP contribution is 2.31. The molecule has 0 bridgehead atoms. The first-order valence-electron chi connectivity index (χ1n) is 10.2. The summed E-state index contributed by atoms with van der Waals surface area (Å²) in [6, 6.07) is 15.7. The smallest absolute Gasteiger partial charge is 0.225 e. The fraction of sp³-hybridized carbons (Fsp3) is 0.333. The van der Waals surface area contributed by atoms with Gasteiger partial charge in [0.1, 0.15) is 0 Å². The summed E-state index contributed by atoms with van der Waals surface area (Å²) in [6.07, 6.45) is 0.373. The third kappa shape index (κ3) is 5.24. The van der Waals surface area contributed by atoms with Gasteiger partial charge in [0, 0.05) is 25.1 Å². The lowest BCUT2D eigenvalue weighted by Gasteiger charge is -2.19. The van der Waals surface area contributed by atoms with Crippen LogP contribution in [-0.2, 0) is 11.3 Å². The van der Waals surface area contributed by atoms with Crippen molar-refractivity contribution in [2.24, 2.45) is 0 Å². The highest BCUT2D eigenvalue weighted by Gasteiger charge is 2.16. The third-order valence-electron chi connectivity index (χ3n) is 5.20. The van der Waals surface area contributed by atoms with Crippen LogP contribution < -0.4 is 14.8 Å². The number of rotatable bonds is 9. The van der Waals surface area contributed by atoms with Gasteiger partial charge >= 0.3 is 0 Å². The fourth-order valence-corrected chi connectivity index (χ4v) is 3.59. The predicted molar refractivity (Wildman–Crippen MR) is 122 cm³/mol. The van der Waals surface area contributed by atoms with Crippen LogP contribution in [0, 0.1) is 13.8 Å². The lowest BCUT2D eigenvalue weighted by atomic mass is 10.1. The highest BCUT2D eigenvalue weighted by molar-refractivity contribution is 5.92. The SMILES string of the molecule is COc1cccc(CN(C)CCC(=O)Nc2c(C)nn(-c3ccccc3)c2C)c1OC. The number of para-hydroxylation sites is 2. The maximum absolute atomic E-state index is 12.6. The summed E-state index contributed by atoms with van der Waals surface area (Å²) < 4.78 is 12.7. The Labute approximate surface area is 183 Å². The number of aryl methyl sites for hydroxylation is 1. The number of nitrogens with one attached hydrogen (secondary N) is 1. The molecule has 1 amide bonds. The minimum absolute atomic E-state index is 0.0386. The molecule has 1 aromatic heterocycles. The van der Waals surface area contributed by atoms with Crippen LogP contribution in [-0.4, -0.2) is 48.4 Å². The average Bonchev–Trinajstić information content (AvgIpc) is 3.06. The first-order valence-corrected chi connectivity index (χ1v) is 10.2. The maximum Gasteiger partial charge on any atom is 0.225 e. The van der Waals surface area contributed by atoms with Gasteiger partial charge in [-0.05, 0) is 39.1 Å². The molecule has 7 nitrogen and oxygen atoms in total. The summed E-state index contributed by atoms with van der Waals surface area (Å²) >= 11 is 0. The van der Waals surface area contributed by atoms with Gasteiger partial charge in [-0.15, -0.1) is 0 Å². The van der Waals surface area contributed by atoms with Crippen molar-refractivity contribution in [2.45, 2.75) is 26.8 Å². The van der Waals surface area contributed by atoms with Crippen molar-refractivity contribution >= 4 is 11.6 Å². The van der Waals surface area contributed by atoms with E-state index in [1.165, 1.54) is 0 Å². The van der Waals surface area contributed by atoms with E-state index in [2.05, 4.69) is 15.3 Å². The van der Waals surface area contributed by atoms with Crippen LogP contribution in [0.2, 0.25) is 0 Å². The molecule has 0 radical (unpaired) electrons. The second-order valence-corrected chi connectivity index (χ2v) is 7.48. The van der Waals surface area contributed by atoms with E-state index in [-0.39, 0.29) is 5.91 Å². The van der Waals surface area contributed by atoms with Crippen LogP contribution in [0.4, 0.5) is 5.69 Å². The molecule has 0 aliphatic heterocycles. The van der Waals surface area contributed by atoms with Crippen molar-refractivity contribution in [1.29, 1.82) is 0 Å². The molecule has 0 aliphatic carbocycles. The Hall–Kier alpha value is -3.32. The number of hydrogen-bond acceptors (Lipinski definition) is 5. The number of carbonyl (C=O) groups excluding carboxylic acids is 1. The first kappa shape index (κ1) is 22.4. The molecule has 1 N–H and O–H groups in total. The number of anilines is 1. The summed E-state index contributed by atoms with van der Waals surface area (Å²) in [5, 5.41) is 7.62. The molecule has 0 unspecified atom stereocenters. The van der Waals surface area contributed by atoms with Gasteiger partial charge in [-0.1, -0.05) is 30.3 Å². The summed E-state index contributed by atoms with van der Waals surface area (Å²) in [6.45, 7) is 5.13. The molecule has 0 atom stereocenters. The Balaban J connectivity index is 1.60. The molecule has 7 heteroatoms. The third-order valence-corrected chi connectivity index (χ3v) is 5.20.